The van der Waals surface area contributed by atoms with Crippen molar-refractivity contribution in [1.82, 2.24) is 10.3 Å². The minimum absolute atomic E-state index is 0.0118. The topological polar surface area (TPSA) is 68.0 Å². The predicted molar refractivity (Wildman–Crippen MR) is 83.4 cm³/mol. The second kappa shape index (κ2) is 7.55. The van der Waals surface area contributed by atoms with Crippen molar-refractivity contribution in [2.75, 3.05) is 0 Å². The molecular weight excluding hydrogens is 262 g/mol. The molecule has 2 aromatic rings. The van der Waals surface area contributed by atoms with Crippen LogP contribution in [0.5, 0.6) is 0 Å². The molecule has 2 atom stereocenters. The molecule has 0 fully saturated rings. The Balaban J connectivity index is 1.80. The Morgan fingerprint density at radius 2 is 1.90 bits per heavy atom. The molecule has 0 spiro atoms. The molecule has 1 unspecified atom stereocenters. The van der Waals surface area contributed by atoms with Crippen LogP contribution in [0.15, 0.2) is 54.9 Å². The van der Waals surface area contributed by atoms with E-state index in [9.17, 15) is 4.79 Å². The fourth-order valence-electron chi connectivity index (χ4n) is 2.18. The molecule has 1 amide bonds. The van der Waals surface area contributed by atoms with Gasteiger partial charge in [0.2, 0.25) is 5.91 Å². The van der Waals surface area contributed by atoms with Crippen LogP contribution in [-0.4, -0.2) is 10.9 Å². The summed E-state index contributed by atoms with van der Waals surface area (Å²) in [5.74, 6) is 0.0118. The first-order chi connectivity index (χ1) is 10.2. The summed E-state index contributed by atoms with van der Waals surface area (Å²) in [6.07, 6.45) is 4.54. The number of aromatic nitrogens is 1. The second-order valence-corrected chi connectivity index (χ2v) is 5.13. The van der Waals surface area contributed by atoms with Crippen LogP contribution in [0.25, 0.3) is 0 Å². The summed E-state index contributed by atoms with van der Waals surface area (Å²) in [4.78, 5) is 16.0. The molecule has 0 bridgehead atoms. The van der Waals surface area contributed by atoms with E-state index in [1.807, 2.05) is 49.4 Å². The third-order valence-electron chi connectivity index (χ3n) is 3.47. The molecule has 1 heterocycles. The lowest BCUT2D eigenvalue weighted by Crippen LogP contribution is -2.27. The lowest BCUT2D eigenvalue weighted by Gasteiger charge is -2.15. The first-order valence-corrected chi connectivity index (χ1v) is 7.16. The Labute approximate surface area is 125 Å². The highest BCUT2D eigenvalue weighted by atomic mass is 16.1. The number of amides is 1. The molecule has 0 radical (unpaired) electrons. The van der Waals surface area contributed by atoms with E-state index in [-0.39, 0.29) is 18.0 Å². The molecule has 110 valence electrons. The molecule has 4 nitrogen and oxygen atoms in total. The number of carbonyl (C=O) groups is 1. The van der Waals surface area contributed by atoms with Crippen molar-refractivity contribution >= 4 is 5.91 Å². The quantitative estimate of drug-likeness (QED) is 0.856. The Bertz CT molecular complexity index is 557. The molecule has 0 aliphatic rings. The van der Waals surface area contributed by atoms with Gasteiger partial charge < -0.3 is 11.1 Å². The van der Waals surface area contributed by atoms with Crippen molar-refractivity contribution in [3.8, 4) is 0 Å². The van der Waals surface area contributed by atoms with Crippen LogP contribution in [-0.2, 0) is 4.79 Å². The maximum Gasteiger partial charge on any atom is 0.220 e. The van der Waals surface area contributed by atoms with E-state index < -0.39 is 0 Å². The van der Waals surface area contributed by atoms with Gasteiger partial charge >= 0.3 is 0 Å². The van der Waals surface area contributed by atoms with Gasteiger partial charge in [0.1, 0.15) is 0 Å². The van der Waals surface area contributed by atoms with Crippen molar-refractivity contribution in [2.24, 2.45) is 5.73 Å². The SMILES string of the molecule is C[C@@H](NC(=O)CCC(N)c1ccccc1)c1cccnc1. The minimum atomic E-state index is -0.106. The molecule has 0 aliphatic heterocycles. The zero-order chi connectivity index (χ0) is 15.1. The molecule has 2 rings (SSSR count). The summed E-state index contributed by atoms with van der Waals surface area (Å²) in [6.45, 7) is 1.95. The Morgan fingerprint density at radius 3 is 2.57 bits per heavy atom. The van der Waals surface area contributed by atoms with Crippen LogP contribution < -0.4 is 11.1 Å². The summed E-state index contributed by atoms with van der Waals surface area (Å²) in [6, 6.07) is 13.5. The fraction of sp³-hybridized carbons (Fsp3) is 0.294. The first-order valence-electron chi connectivity index (χ1n) is 7.16. The van der Waals surface area contributed by atoms with E-state index in [1.54, 1.807) is 12.4 Å². The highest BCUT2D eigenvalue weighted by Crippen LogP contribution is 2.16. The van der Waals surface area contributed by atoms with Crippen molar-refractivity contribution in [2.45, 2.75) is 31.8 Å². The molecule has 3 N–H and O–H groups in total. The zero-order valence-electron chi connectivity index (χ0n) is 12.2. The average Bonchev–Trinajstić information content (AvgIpc) is 2.54. The molecular formula is C17H21N3O. The summed E-state index contributed by atoms with van der Waals surface area (Å²) in [5, 5.41) is 2.97. The summed E-state index contributed by atoms with van der Waals surface area (Å²) in [5.41, 5.74) is 8.15. The van der Waals surface area contributed by atoms with Gasteiger partial charge in [-0.05, 0) is 30.5 Å². The molecule has 21 heavy (non-hydrogen) atoms. The molecule has 0 aliphatic carbocycles. The minimum Gasteiger partial charge on any atom is -0.350 e. The van der Waals surface area contributed by atoms with Crippen molar-refractivity contribution in [3.05, 3.63) is 66.0 Å². The number of nitrogens with zero attached hydrogens (tertiary/aromatic N) is 1. The fourth-order valence-corrected chi connectivity index (χ4v) is 2.18. The number of pyridine rings is 1. The van der Waals surface area contributed by atoms with Crippen LogP contribution in [0.1, 0.15) is 43.0 Å². The Morgan fingerprint density at radius 1 is 1.19 bits per heavy atom. The van der Waals surface area contributed by atoms with Gasteiger partial charge in [-0.3, -0.25) is 9.78 Å². The van der Waals surface area contributed by atoms with E-state index in [4.69, 9.17) is 5.73 Å². The normalized spacial score (nSPS) is 13.4. The highest BCUT2D eigenvalue weighted by Gasteiger charge is 2.12. The van der Waals surface area contributed by atoms with Gasteiger partial charge in [-0.15, -0.1) is 0 Å². The molecule has 0 saturated carbocycles. The molecule has 4 heteroatoms. The summed E-state index contributed by atoms with van der Waals surface area (Å²) >= 11 is 0. The third kappa shape index (κ3) is 4.68. The van der Waals surface area contributed by atoms with Crippen LogP contribution in [0, 0.1) is 0 Å². The van der Waals surface area contributed by atoms with Crippen molar-refractivity contribution in [1.29, 1.82) is 0 Å². The first kappa shape index (κ1) is 15.2. The van der Waals surface area contributed by atoms with E-state index in [0.29, 0.717) is 12.8 Å². The third-order valence-corrected chi connectivity index (χ3v) is 3.47. The number of rotatable bonds is 6. The van der Waals surface area contributed by atoms with Crippen LogP contribution in [0.2, 0.25) is 0 Å². The summed E-state index contributed by atoms with van der Waals surface area (Å²) < 4.78 is 0. The molecule has 1 aromatic heterocycles. The van der Waals surface area contributed by atoms with Gasteiger partial charge in [-0.1, -0.05) is 36.4 Å². The van der Waals surface area contributed by atoms with Crippen LogP contribution in [0.4, 0.5) is 0 Å². The van der Waals surface area contributed by atoms with Gasteiger partial charge in [0, 0.05) is 24.9 Å². The number of nitrogens with one attached hydrogen (secondary N) is 1. The highest BCUT2D eigenvalue weighted by molar-refractivity contribution is 5.76. The van der Waals surface area contributed by atoms with Gasteiger partial charge in [-0.2, -0.15) is 0 Å². The smallest absolute Gasteiger partial charge is 0.220 e. The van der Waals surface area contributed by atoms with Crippen LogP contribution >= 0.6 is 0 Å². The number of benzene rings is 1. The standard InChI is InChI=1S/C17H21N3O/c1-13(15-8-5-11-19-12-15)20-17(21)10-9-16(18)14-6-3-2-4-7-14/h2-8,11-13,16H,9-10,18H2,1H3,(H,20,21)/t13-,16?/m1/s1. The number of carbonyl (C=O) groups excluding carboxylic acids is 1. The number of nitrogens with two attached hydrogens (primary N) is 1. The molecule has 0 saturated heterocycles. The lowest BCUT2D eigenvalue weighted by molar-refractivity contribution is -0.121. The maximum atomic E-state index is 12.0. The number of hydrogen-bond donors (Lipinski definition) is 2. The van der Waals surface area contributed by atoms with Gasteiger partial charge in [0.25, 0.3) is 0 Å². The average molecular weight is 283 g/mol. The maximum absolute atomic E-state index is 12.0. The summed E-state index contributed by atoms with van der Waals surface area (Å²) in [7, 11) is 0. The lowest BCUT2D eigenvalue weighted by atomic mass is 10.0. The van der Waals surface area contributed by atoms with Gasteiger partial charge in [0.15, 0.2) is 0 Å². The van der Waals surface area contributed by atoms with Gasteiger partial charge in [0.05, 0.1) is 6.04 Å². The van der Waals surface area contributed by atoms with Gasteiger partial charge in [-0.25, -0.2) is 0 Å². The van der Waals surface area contributed by atoms with E-state index in [2.05, 4.69) is 10.3 Å². The zero-order valence-corrected chi connectivity index (χ0v) is 12.2. The number of hydrogen-bond acceptors (Lipinski definition) is 3. The van der Waals surface area contributed by atoms with Crippen molar-refractivity contribution in [3.63, 3.8) is 0 Å². The van der Waals surface area contributed by atoms with E-state index >= 15 is 0 Å². The second-order valence-electron chi connectivity index (χ2n) is 5.13. The Kier molecular flexibility index (Phi) is 5.46. The Hall–Kier alpha value is -2.20. The largest absolute Gasteiger partial charge is 0.350 e. The van der Waals surface area contributed by atoms with Crippen molar-refractivity contribution < 1.29 is 4.79 Å². The van der Waals surface area contributed by atoms with E-state index in [1.165, 1.54) is 0 Å². The predicted octanol–water partition coefficient (Wildman–Crippen LogP) is 2.74. The van der Waals surface area contributed by atoms with E-state index in [0.717, 1.165) is 11.1 Å². The van der Waals surface area contributed by atoms with Crippen LogP contribution in [0.3, 0.4) is 0 Å². The molecule has 1 aromatic carbocycles. The monoisotopic (exact) mass is 283 g/mol.